The molecule has 94 valence electrons. The quantitative estimate of drug-likeness (QED) is 0.625. The Morgan fingerprint density at radius 3 is 2.28 bits per heavy atom. The molecule has 0 aromatic heterocycles. The molecule has 0 spiro atoms. The van der Waals surface area contributed by atoms with Crippen LogP contribution in [0.3, 0.4) is 0 Å². The number of hydrazine groups is 1. The first-order valence-corrected chi connectivity index (χ1v) is 5.97. The molecular weight excluding hydrogens is 224 g/mol. The number of rotatable bonds is 5. The van der Waals surface area contributed by atoms with Crippen LogP contribution in [0.25, 0.3) is 0 Å². The van der Waals surface area contributed by atoms with Crippen molar-refractivity contribution in [1.82, 2.24) is 5.43 Å². The zero-order valence-corrected chi connectivity index (χ0v) is 10.5. The predicted octanol–water partition coefficient (Wildman–Crippen LogP) is 2.44. The summed E-state index contributed by atoms with van der Waals surface area (Å²) in [6.07, 6.45) is 0.865. The van der Waals surface area contributed by atoms with Crippen LogP contribution >= 0.6 is 0 Å². The maximum atomic E-state index is 5.64. The summed E-state index contributed by atoms with van der Waals surface area (Å²) >= 11 is 0. The Bertz CT molecular complexity index is 468. The minimum absolute atomic E-state index is 0.110. The molecule has 0 aliphatic carbocycles. The van der Waals surface area contributed by atoms with E-state index in [1.807, 2.05) is 42.5 Å². The molecule has 0 fully saturated rings. The zero-order chi connectivity index (χ0) is 12.8. The van der Waals surface area contributed by atoms with Gasteiger partial charge in [-0.3, -0.25) is 11.3 Å². The van der Waals surface area contributed by atoms with E-state index in [1.54, 1.807) is 7.11 Å². The molecule has 3 nitrogen and oxygen atoms in total. The van der Waals surface area contributed by atoms with Gasteiger partial charge in [0.2, 0.25) is 0 Å². The second-order valence-electron chi connectivity index (χ2n) is 4.18. The minimum atomic E-state index is 0.110. The summed E-state index contributed by atoms with van der Waals surface area (Å²) in [6.45, 7) is 0. The molecule has 0 aliphatic heterocycles. The second-order valence-corrected chi connectivity index (χ2v) is 4.18. The summed E-state index contributed by atoms with van der Waals surface area (Å²) in [5.41, 5.74) is 5.28. The van der Waals surface area contributed by atoms with Crippen molar-refractivity contribution in [3.63, 3.8) is 0 Å². The average molecular weight is 242 g/mol. The summed E-state index contributed by atoms with van der Waals surface area (Å²) in [5, 5.41) is 0. The molecule has 0 saturated heterocycles. The smallest absolute Gasteiger partial charge is 0.118 e. The molecular formula is C15H18N2O. The summed E-state index contributed by atoms with van der Waals surface area (Å²) in [6, 6.07) is 18.4. The van der Waals surface area contributed by atoms with Crippen molar-refractivity contribution in [3.05, 3.63) is 65.7 Å². The lowest BCUT2D eigenvalue weighted by Gasteiger charge is -2.16. The van der Waals surface area contributed by atoms with Crippen LogP contribution in [0.5, 0.6) is 5.75 Å². The zero-order valence-electron chi connectivity index (χ0n) is 10.5. The first-order valence-electron chi connectivity index (χ1n) is 5.97. The third kappa shape index (κ3) is 3.09. The number of benzene rings is 2. The van der Waals surface area contributed by atoms with Crippen LogP contribution in [0, 0.1) is 0 Å². The van der Waals surface area contributed by atoms with Gasteiger partial charge in [-0.1, -0.05) is 42.5 Å². The van der Waals surface area contributed by atoms with Crippen molar-refractivity contribution in [2.45, 2.75) is 12.5 Å². The van der Waals surface area contributed by atoms with E-state index < -0.39 is 0 Å². The van der Waals surface area contributed by atoms with Gasteiger partial charge in [0.05, 0.1) is 7.11 Å². The van der Waals surface area contributed by atoms with Gasteiger partial charge >= 0.3 is 0 Å². The highest BCUT2D eigenvalue weighted by molar-refractivity contribution is 5.30. The lowest BCUT2D eigenvalue weighted by atomic mass is 9.99. The highest BCUT2D eigenvalue weighted by Crippen LogP contribution is 2.20. The van der Waals surface area contributed by atoms with Gasteiger partial charge in [0.15, 0.2) is 0 Å². The molecule has 0 amide bonds. The normalized spacial score (nSPS) is 12.1. The monoisotopic (exact) mass is 242 g/mol. The van der Waals surface area contributed by atoms with Crippen molar-refractivity contribution in [3.8, 4) is 5.75 Å². The molecule has 2 aromatic carbocycles. The van der Waals surface area contributed by atoms with E-state index in [0.717, 1.165) is 17.7 Å². The molecule has 0 saturated carbocycles. The van der Waals surface area contributed by atoms with Crippen molar-refractivity contribution in [2.24, 2.45) is 5.84 Å². The van der Waals surface area contributed by atoms with E-state index in [-0.39, 0.29) is 6.04 Å². The highest BCUT2D eigenvalue weighted by Gasteiger charge is 2.10. The molecule has 1 unspecified atom stereocenters. The molecule has 1 atom stereocenters. The molecule has 0 heterocycles. The second kappa shape index (κ2) is 6.19. The van der Waals surface area contributed by atoms with E-state index in [4.69, 9.17) is 10.6 Å². The fourth-order valence-electron chi connectivity index (χ4n) is 1.96. The number of hydrogen-bond donors (Lipinski definition) is 2. The molecule has 3 N–H and O–H groups in total. The Kier molecular flexibility index (Phi) is 4.34. The lowest BCUT2D eigenvalue weighted by Crippen LogP contribution is -2.29. The molecule has 3 heteroatoms. The third-order valence-corrected chi connectivity index (χ3v) is 3.00. The Labute approximate surface area is 108 Å². The number of nitrogens with one attached hydrogen (secondary N) is 1. The van der Waals surface area contributed by atoms with Crippen molar-refractivity contribution in [2.75, 3.05) is 7.11 Å². The van der Waals surface area contributed by atoms with Crippen molar-refractivity contribution >= 4 is 0 Å². The van der Waals surface area contributed by atoms with E-state index in [9.17, 15) is 0 Å². The molecule has 18 heavy (non-hydrogen) atoms. The number of hydrogen-bond acceptors (Lipinski definition) is 3. The van der Waals surface area contributed by atoms with Crippen LogP contribution < -0.4 is 16.0 Å². The molecule has 0 bridgehead atoms. The summed E-state index contributed by atoms with van der Waals surface area (Å²) in [7, 11) is 1.66. The van der Waals surface area contributed by atoms with E-state index in [1.165, 1.54) is 5.56 Å². The molecule has 2 rings (SSSR count). The molecule has 0 radical (unpaired) electrons. The van der Waals surface area contributed by atoms with E-state index in [0.29, 0.717) is 0 Å². The van der Waals surface area contributed by atoms with Crippen LogP contribution in [0.4, 0.5) is 0 Å². The summed E-state index contributed by atoms with van der Waals surface area (Å²) in [4.78, 5) is 0. The minimum Gasteiger partial charge on any atom is -0.497 e. The first kappa shape index (κ1) is 12.6. The fourth-order valence-corrected chi connectivity index (χ4v) is 1.96. The Hall–Kier alpha value is -1.84. The van der Waals surface area contributed by atoms with Gasteiger partial charge in [0.25, 0.3) is 0 Å². The number of ether oxygens (including phenoxy) is 1. The average Bonchev–Trinajstić information content (AvgIpc) is 2.46. The predicted molar refractivity (Wildman–Crippen MR) is 73.2 cm³/mol. The Morgan fingerprint density at radius 2 is 1.72 bits per heavy atom. The van der Waals surface area contributed by atoms with Crippen molar-refractivity contribution < 1.29 is 4.74 Å². The van der Waals surface area contributed by atoms with Crippen LogP contribution in [-0.4, -0.2) is 7.11 Å². The van der Waals surface area contributed by atoms with Crippen LogP contribution in [-0.2, 0) is 6.42 Å². The third-order valence-electron chi connectivity index (χ3n) is 3.00. The van der Waals surface area contributed by atoms with Gasteiger partial charge in [0, 0.05) is 6.04 Å². The number of methoxy groups -OCH3 is 1. The maximum Gasteiger partial charge on any atom is 0.118 e. The van der Waals surface area contributed by atoms with Gasteiger partial charge in [-0.25, -0.2) is 0 Å². The summed E-state index contributed by atoms with van der Waals surface area (Å²) < 4.78 is 5.15. The topological polar surface area (TPSA) is 47.3 Å². The Morgan fingerprint density at radius 1 is 1.06 bits per heavy atom. The highest BCUT2D eigenvalue weighted by atomic mass is 16.5. The largest absolute Gasteiger partial charge is 0.497 e. The van der Waals surface area contributed by atoms with Gasteiger partial charge in [0.1, 0.15) is 5.75 Å². The van der Waals surface area contributed by atoms with Crippen LogP contribution in [0.2, 0.25) is 0 Å². The van der Waals surface area contributed by atoms with Crippen LogP contribution in [0.1, 0.15) is 17.2 Å². The fraction of sp³-hybridized carbons (Fsp3) is 0.200. The lowest BCUT2D eigenvalue weighted by molar-refractivity contribution is 0.414. The van der Waals surface area contributed by atoms with Crippen molar-refractivity contribution in [1.29, 1.82) is 0 Å². The first-order chi connectivity index (χ1) is 8.83. The SMILES string of the molecule is COc1ccc(C(Cc2ccccc2)NN)cc1. The van der Waals surface area contributed by atoms with Gasteiger partial charge in [-0.15, -0.1) is 0 Å². The standard InChI is InChI=1S/C15H18N2O/c1-18-14-9-7-13(8-10-14)15(17-16)11-12-5-3-2-4-6-12/h2-10,15,17H,11,16H2,1H3. The molecule has 2 aromatic rings. The van der Waals surface area contributed by atoms with Gasteiger partial charge in [-0.05, 0) is 29.7 Å². The van der Waals surface area contributed by atoms with Gasteiger partial charge in [-0.2, -0.15) is 0 Å². The Balaban J connectivity index is 2.12. The van der Waals surface area contributed by atoms with E-state index in [2.05, 4.69) is 17.6 Å². The van der Waals surface area contributed by atoms with E-state index >= 15 is 0 Å². The summed E-state index contributed by atoms with van der Waals surface area (Å²) in [5.74, 6) is 6.50. The number of nitrogens with two attached hydrogens (primary N) is 1. The van der Waals surface area contributed by atoms with Gasteiger partial charge < -0.3 is 4.74 Å². The maximum absolute atomic E-state index is 5.64. The van der Waals surface area contributed by atoms with Crippen LogP contribution in [0.15, 0.2) is 54.6 Å². The molecule has 0 aliphatic rings.